The van der Waals surface area contributed by atoms with E-state index in [1.807, 2.05) is 12.4 Å². The number of pyridine rings is 1. The number of piperazine rings is 1. The van der Waals surface area contributed by atoms with Gasteiger partial charge in [0, 0.05) is 62.3 Å². The Morgan fingerprint density at radius 2 is 1.69 bits per heavy atom. The van der Waals surface area contributed by atoms with E-state index in [0.29, 0.717) is 5.92 Å². The number of nitrogens with zero attached hydrogens (tertiary/aromatic N) is 6. The summed E-state index contributed by atoms with van der Waals surface area (Å²) in [4.78, 5) is 19.9. The maximum atomic E-state index is 5.76. The fraction of sp³-hybridized carbons (Fsp3) is 0.464. The van der Waals surface area contributed by atoms with Crippen molar-refractivity contribution in [2.75, 3.05) is 44.3 Å². The first kappa shape index (κ1) is 22.6. The van der Waals surface area contributed by atoms with Gasteiger partial charge < -0.3 is 14.2 Å². The zero-order valence-corrected chi connectivity index (χ0v) is 22.0. The van der Waals surface area contributed by atoms with Crippen molar-refractivity contribution in [1.29, 1.82) is 0 Å². The van der Waals surface area contributed by atoms with E-state index in [4.69, 9.17) is 19.7 Å². The molecular formula is C28H31BrN6O. The Hall–Kier alpha value is -2.55. The van der Waals surface area contributed by atoms with Gasteiger partial charge in [-0.05, 0) is 59.2 Å². The third-order valence-electron chi connectivity index (χ3n) is 8.13. The number of aromatic nitrogens is 4. The molecule has 8 heteroatoms. The zero-order chi connectivity index (χ0) is 24.1. The van der Waals surface area contributed by atoms with Crippen LogP contribution in [0.3, 0.4) is 0 Å². The lowest BCUT2D eigenvalue weighted by atomic mass is 9.86. The second-order valence-electron chi connectivity index (χ2n) is 10.4. The summed E-state index contributed by atoms with van der Waals surface area (Å²) in [5.74, 6) is 1.29. The van der Waals surface area contributed by atoms with Gasteiger partial charge in [0.05, 0.1) is 22.5 Å². The third kappa shape index (κ3) is 4.09. The maximum Gasteiger partial charge on any atom is 0.227 e. The summed E-state index contributed by atoms with van der Waals surface area (Å²) >= 11 is 3.68. The van der Waals surface area contributed by atoms with Crippen molar-refractivity contribution in [2.45, 2.75) is 37.8 Å². The van der Waals surface area contributed by atoms with Crippen LogP contribution in [0, 0.1) is 5.92 Å². The summed E-state index contributed by atoms with van der Waals surface area (Å²) in [5, 5.41) is 1.02. The predicted octanol–water partition coefficient (Wildman–Crippen LogP) is 5.04. The number of benzene rings is 1. The van der Waals surface area contributed by atoms with E-state index in [2.05, 4.69) is 66.7 Å². The molecule has 0 bridgehead atoms. The second kappa shape index (κ2) is 9.39. The van der Waals surface area contributed by atoms with Gasteiger partial charge in [-0.1, -0.05) is 30.3 Å². The van der Waals surface area contributed by atoms with Crippen molar-refractivity contribution in [3.8, 4) is 0 Å². The largest absolute Gasteiger partial charge is 0.381 e. The van der Waals surface area contributed by atoms with Crippen molar-refractivity contribution < 1.29 is 4.74 Å². The lowest BCUT2D eigenvalue weighted by Gasteiger charge is -2.35. The smallest absolute Gasteiger partial charge is 0.227 e. The number of halogens is 1. The van der Waals surface area contributed by atoms with E-state index < -0.39 is 0 Å². The number of ether oxygens (including phenoxy) is 1. The molecule has 7 nitrogen and oxygen atoms in total. The van der Waals surface area contributed by atoms with Crippen molar-refractivity contribution >= 4 is 43.9 Å². The summed E-state index contributed by atoms with van der Waals surface area (Å²) in [5.41, 5.74) is 4.35. The maximum absolute atomic E-state index is 5.76. The van der Waals surface area contributed by atoms with E-state index in [-0.39, 0.29) is 6.04 Å². The molecule has 5 heterocycles. The lowest BCUT2D eigenvalue weighted by molar-refractivity contribution is 0.0552. The van der Waals surface area contributed by atoms with Crippen molar-refractivity contribution in [1.82, 2.24) is 24.4 Å². The van der Waals surface area contributed by atoms with Crippen LogP contribution in [0.1, 0.15) is 37.3 Å². The molecule has 0 amide bonds. The molecule has 0 unspecified atom stereocenters. The molecule has 3 aliphatic rings. The first-order valence-electron chi connectivity index (χ1n) is 13.2. The Balaban J connectivity index is 1.38. The van der Waals surface area contributed by atoms with Crippen LogP contribution in [0.4, 0.5) is 5.95 Å². The van der Waals surface area contributed by atoms with E-state index in [1.165, 1.54) is 18.4 Å². The molecule has 3 aromatic heterocycles. The standard InChI is InChI=1S/C28H31BrN6O/c29-21-16-24-25(30-17-21)23-18-31-28(34-12-10-33(11-13-34)22-6-7-22)32-27(23)35(24)26(19-4-2-1-3-5-19)20-8-14-36-15-9-20/h1-5,16-18,20,22,26H,6-15H2/t26-/m1/s1. The van der Waals surface area contributed by atoms with Gasteiger partial charge in [0.25, 0.3) is 0 Å². The van der Waals surface area contributed by atoms with Crippen LogP contribution in [-0.2, 0) is 4.74 Å². The SMILES string of the molecule is Brc1cnc2c3cnc(N4CCN(C5CC5)CC4)nc3n([C@H](c3ccccc3)C3CCOCC3)c2c1. The van der Waals surface area contributed by atoms with E-state index in [0.717, 1.165) is 90.8 Å². The van der Waals surface area contributed by atoms with Gasteiger partial charge >= 0.3 is 0 Å². The molecule has 3 fully saturated rings. The normalized spacial score (nSPS) is 20.9. The van der Waals surface area contributed by atoms with Crippen molar-refractivity contribution in [3.05, 3.63) is 58.8 Å². The Bertz CT molecular complexity index is 1370. The van der Waals surface area contributed by atoms with Gasteiger partial charge in [-0.25, -0.2) is 4.98 Å². The van der Waals surface area contributed by atoms with Gasteiger partial charge in [0.1, 0.15) is 5.65 Å². The Labute approximate surface area is 219 Å². The molecule has 1 atom stereocenters. The first-order chi connectivity index (χ1) is 17.8. The highest BCUT2D eigenvalue weighted by molar-refractivity contribution is 9.10. The Kier molecular flexibility index (Phi) is 5.91. The van der Waals surface area contributed by atoms with Crippen LogP contribution in [0.15, 0.2) is 53.3 Å². The summed E-state index contributed by atoms with van der Waals surface area (Å²) < 4.78 is 9.18. The van der Waals surface area contributed by atoms with Gasteiger partial charge in [-0.2, -0.15) is 4.98 Å². The monoisotopic (exact) mass is 546 g/mol. The van der Waals surface area contributed by atoms with E-state index in [1.54, 1.807) is 0 Å². The van der Waals surface area contributed by atoms with Crippen LogP contribution in [0.5, 0.6) is 0 Å². The average Bonchev–Trinajstić information content (AvgIpc) is 3.74. The van der Waals surface area contributed by atoms with Crippen LogP contribution in [0.25, 0.3) is 22.1 Å². The van der Waals surface area contributed by atoms with Crippen molar-refractivity contribution in [2.24, 2.45) is 5.92 Å². The quantitative estimate of drug-likeness (QED) is 0.349. The molecule has 0 spiro atoms. The van der Waals surface area contributed by atoms with Crippen LogP contribution >= 0.6 is 15.9 Å². The van der Waals surface area contributed by atoms with Crippen LogP contribution < -0.4 is 4.90 Å². The minimum Gasteiger partial charge on any atom is -0.381 e. The molecule has 0 radical (unpaired) electrons. The topological polar surface area (TPSA) is 59.3 Å². The molecule has 1 aromatic carbocycles. The molecule has 186 valence electrons. The fourth-order valence-electron chi connectivity index (χ4n) is 6.12. The Morgan fingerprint density at radius 1 is 0.917 bits per heavy atom. The van der Waals surface area contributed by atoms with E-state index in [9.17, 15) is 0 Å². The average molecular weight is 548 g/mol. The van der Waals surface area contributed by atoms with Gasteiger partial charge in [-0.15, -0.1) is 0 Å². The third-order valence-corrected chi connectivity index (χ3v) is 8.56. The molecule has 36 heavy (non-hydrogen) atoms. The van der Waals surface area contributed by atoms with E-state index >= 15 is 0 Å². The van der Waals surface area contributed by atoms with Crippen LogP contribution in [0.2, 0.25) is 0 Å². The minimum atomic E-state index is 0.153. The molecular weight excluding hydrogens is 516 g/mol. The molecule has 1 aliphatic carbocycles. The lowest BCUT2D eigenvalue weighted by Crippen LogP contribution is -2.47. The summed E-state index contributed by atoms with van der Waals surface area (Å²) in [6.45, 7) is 5.76. The molecule has 4 aromatic rings. The number of fused-ring (bicyclic) bond motifs is 3. The van der Waals surface area contributed by atoms with Crippen molar-refractivity contribution in [3.63, 3.8) is 0 Å². The molecule has 0 N–H and O–H groups in total. The second-order valence-corrected chi connectivity index (χ2v) is 11.3. The van der Waals surface area contributed by atoms with Crippen LogP contribution in [-0.4, -0.2) is 69.9 Å². The number of hydrogen-bond acceptors (Lipinski definition) is 6. The highest BCUT2D eigenvalue weighted by Gasteiger charge is 2.33. The summed E-state index contributed by atoms with van der Waals surface area (Å²) in [7, 11) is 0. The molecule has 2 saturated heterocycles. The molecule has 1 saturated carbocycles. The highest BCUT2D eigenvalue weighted by atomic mass is 79.9. The minimum absolute atomic E-state index is 0.153. The van der Waals surface area contributed by atoms with Gasteiger partial charge in [0.2, 0.25) is 5.95 Å². The summed E-state index contributed by atoms with van der Waals surface area (Å²) in [6.07, 6.45) is 8.66. The number of hydrogen-bond donors (Lipinski definition) is 0. The van der Waals surface area contributed by atoms with Gasteiger partial charge in [0.15, 0.2) is 0 Å². The predicted molar refractivity (Wildman–Crippen MR) is 145 cm³/mol. The first-order valence-corrected chi connectivity index (χ1v) is 14.0. The zero-order valence-electron chi connectivity index (χ0n) is 20.4. The fourth-order valence-corrected chi connectivity index (χ4v) is 6.44. The Morgan fingerprint density at radius 3 is 2.44 bits per heavy atom. The number of rotatable bonds is 5. The van der Waals surface area contributed by atoms with Gasteiger partial charge in [-0.3, -0.25) is 9.88 Å². The molecule has 2 aliphatic heterocycles. The highest BCUT2D eigenvalue weighted by Crippen LogP contribution is 2.40. The molecule has 7 rings (SSSR count). The summed E-state index contributed by atoms with van der Waals surface area (Å²) in [6, 6.07) is 14.0. The number of anilines is 1.